The van der Waals surface area contributed by atoms with Gasteiger partial charge in [0.15, 0.2) is 0 Å². The van der Waals surface area contributed by atoms with E-state index in [1.54, 1.807) is 0 Å². The van der Waals surface area contributed by atoms with Gasteiger partial charge >= 0.3 is 0 Å². The van der Waals surface area contributed by atoms with Gasteiger partial charge in [0.05, 0.1) is 6.42 Å². The number of aromatic nitrogens is 2. The Morgan fingerprint density at radius 3 is 2.60 bits per heavy atom. The van der Waals surface area contributed by atoms with Crippen molar-refractivity contribution in [1.82, 2.24) is 10.2 Å². The largest absolute Gasteiger partial charge is 0.300 e. The van der Waals surface area contributed by atoms with Crippen LogP contribution in [0.15, 0.2) is 18.2 Å². The monoisotopic (exact) mass is 289 g/mol. The molecule has 5 heteroatoms. The highest BCUT2D eigenvalue weighted by Gasteiger charge is 2.11. The predicted octanol–water partition coefficient (Wildman–Crippen LogP) is 3.46. The van der Waals surface area contributed by atoms with Crippen LogP contribution in [0.5, 0.6) is 0 Å². The van der Waals surface area contributed by atoms with Crippen molar-refractivity contribution in [2.75, 3.05) is 5.32 Å². The lowest BCUT2D eigenvalue weighted by Gasteiger charge is -2.05. The number of benzene rings is 1. The van der Waals surface area contributed by atoms with Crippen molar-refractivity contribution in [1.29, 1.82) is 0 Å². The summed E-state index contributed by atoms with van der Waals surface area (Å²) in [6.07, 6.45) is 0.359. The van der Waals surface area contributed by atoms with E-state index in [4.69, 9.17) is 0 Å². The number of amides is 1. The van der Waals surface area contributed by atoms with E-state index >= 15 is 0 Å². The molecular weight excluding hydrogens is 270 g/mol. The fourth-order valence-corrected chi connectivity index (χ4v) is 2.54. The van der Waals surface area contributed by atoms with E-state index in [1.807, 2.05) is 12.1 Å². The third-order valence-electron chi connectivity index (χ3n) is 3.12. The molecule has 0 spiro atoms. The molecule has 0 bridgehead atoms. The highest BCUT2D eigenvalue weighted by Crippen LogP contribution is 2.22. The fraction of sp³-hybridized carbons (Fsp3) is 0.400. The molecule has 0 aliphatic heterocycles. The van der Waals surface area contributed by atoms with Gasteiger partial charge in [-0.05, 0) is 30.5 Å². The highest BCUT2D eigenvalue weighted by molar-refractivity contribution is 7.15. The van der Waals surface area contributed by atoms with Gasteiger partial charge in [0.1, 0.15) is 5.01 Å². The molecule has 1 aromatic carbocycles. The Bertz CT molecular complexity index is 619. The zero-order chi connectivity index (χ0) is 14.7. The summed E-state index contributed by atoms with van der Waals surface area (Å²) in [5, 5.41) is 12.4. The van der Waals surface area contributed by atoms with Crippen molar-refractivity contribution >= 4 is 22.4 Å². The Labute approximate surface area is 123 Å². The molecule has 0 aliphatic carbocycles. The van der Waals surface area contributed by atoms with Crippen molar-refractivity contribution in [3.05, 3.63) is 39.9 Å². The van der Waals surface area contributed by atoms with Crippen molar-refractivity contribution < 1.29 is 4.79 Å². The molecule has 106 valence electrons. The van der Waals surface area contributed by atoms with Crippen molar-refractivity contribution in [3.8, 4) is 0 Å². The second-order valence-corrected chi connectivity index (χ2v) is 6.25. The van der Waals surface area contributed by atoms with Gasteiger partial charge in [-0.1, -0.05) is 43.4 Å². The summed E-state index contributed by atoms with van der Waals surface area (Å²) in [4.78, 5) is 12.0. The van der Waals surface area contributed by atoms with E-state index in [9.17, 15) is 4.79 Å². The summed E-state index contributed by atoms with van der Waals surface area (Å²) in [6.45, 7) is 8.23. The van der Waals surface area contributed by atoms with Crippen LogP contribution in [-0.2, 0) is 11.2 Å². The summed E-state index contributed by atoms with van der Waals surface area (Å²) in [6, 6.07) is 6.08. The van der Waals surface area contributed by atoms with E-state index in [0.29, 0.717) is 17.5 Å². The van der Waals surface area contributed by atoms with Crippen LogP contribution in [0, 0.1) is 13.8 Å². The Morgan fingerprint density at radius 1 is 1.25 bits per heavy atom. The third-order valence-corrected chi connectivity index (χ3v) is 4.26. The van der Waals surface area contributed by atoms with Crippen LogP contribution >= 0.6 is 11.3 Å². The molecule has 0 atom stereocenters. The maximum Gasteiger partial charge on any atom is 0.230 e. The zero-order valence-corrected chi connectivity index (χ0v) is 13.0. The van der Waals surface area contributed by atoms with Crippen molar-refractivity contribution in [2.45, 2.75) is 40.0 Å². The number of nitrogens with zero attached hydrogens (tertiary/aromatic N) is 2. The lowest BCUT2D eigenvalue weighted by molar-refractivity contribution is -0.115. The molecule has 1 N–H and O–H groups in total. The Kier molecular flexibility index (Phi) is 4.49. The second-order valence-electron chi connectivity index (χ2n) is 5.24. The van der Waals surface area contributed by atoms with E-state index in [1.165, 1.54) is 22.5 Å². The van der Waals surface area contributed by atoms with E-state index in [-0.39, 0.29) is 5.91 Å². The van der Waals surface area contributed by atoms with Crippen molar-refractivity contribution in [2.24, 2.45) is 0 Å². The first-order chi connectivity index (χ1) is 9.45. The minimum Gasteiger partial charge on any atom is -0.300 e. The minimum atomic E-state index is -0.0558. The zero-order valence-electron chi connectivity index (χ0n) is 12.2. The normalized spacial score (nSPS) is 10.8. The lowest BCUT2D eigenvalue weighted by Crippen LogP contribution is -2.14. The Morgan fingerprint density at radius 2 is 2.00 bits per heavy atom. The molecule has 0 aliphatic rings. The van der Waals surface area contributed by atoms with Crippen LogP contribution in [0.1, 0.15) is 41.5 Å². The average molecular weight is 289 g/mol. The van der Waals surface area contributed by atoms with Gasteiger partial charge in [0, 0.05) is 5.92 Å². The first-order valence-electron chi connectivity index (χ1n) is 6.65. The Hall–Kier alpha value is -1.75. The van der Waals surface area contributed by atoms with Crippen LogP contribution in [0.25, 0.3) is 0 Å². The summed E-state index contributed by atoms with van der Waals surface area (Å²) >= 11 is 1.43. The predicted molar refractivity (Wildman–Crippen MR) is 82.2 cm³/mol. The number of rotatable bonds is 4. The highest BCUT2D eigenvalue weighted by atomic mass is 32.1. The number of aryl methyl sites for hydroxylation is 2. The number of anilines is 1. The SMILES string of the molecule is Cc1ccc(CC(=O)Nc2nnc(C(C)C)s2)cc1C. The van der Waals surface area contributed by atoms with Gasteiger partial charge in [-0.3, -0.25) is 4.79 Å². The molecule has 4 nitrogen and oxygen atoms in total. The number of hydrogen-bond acceptors (Lipinski definition) is 4. The summed E-state index contributed by atoms with van der Waals surface area (Å²) in [5.41, 5.74) is 3.45. The van der Waals surface area contributed by atoms with Crippen LogP contribution in [-0.4, -0.2) is 16.1 Å². The number of carbonyl (C=O) groups excluding carboxylic acids is 1. The van der Waals surface area contributed by atoms with Crippen LogP contribution in [0.2, 0.25) is 0 Å². The Balaban J connectivity index is 1.99. The van der Waals surface area contributed by atoms with E-state index in [0.717, 1.165) is 10.6 Å². The fourth-order valence-electron chi connectivity index (χ4n) is 1.78. The van der Waals surface area contributed by atoms with Gasteiger partial charge in [0.25, 0.3) is 0 Å². The quantitative estimate of drug-likeness (QED) is 0.937. The van der Waals surface area contributed by atoms with E-state index < -0.39 is 0 Å². The third kappa shape index (κ3) is 3.63. The first kappa shape index (κ1) is 14.7. The molecule has 0 saturated heterocycles. The molecule has 2 aromatic rings. The molecule has 2 rings (SSSR count). The van der Waals surface area contributed by atoms with Crippen LogP contribution in [0.3, 0.4) is 0 Å². The smallest absolute Gasteiger partial charge is 0.230 e. The molecule has 1 amide bonds. The van der Waals surface area contributed by atoms with Gasteiger partial charge < -0.3 is 5.32 Å². The van der Waals surface area contributed by atoms with Gasteiger partial charge in [-0.25, -0.2) is 0 Å². The summed E-state index contributed by atoms with van der Waals surface area (Å²) in [7, 11) is 0. The number of carbonyl (C=O) groups is 1. The maximum atomic E-state index is 12.0. The molecule has 0 unspecified atom stereocenters. The number of nitrogens with one attached hydrogen (secondary N) is 1. The molecule has 1 heterocycles. The molecule has 20 heavy (non-hydrogen) atoms. The minimum absolute atomic E-state index is 0.0558. The van der Waals surface area contributed by atoms with E-state index in [2.05, 4.69) is 49.3 Å². The van der Waals surface area contributed by atoms with Crippen LogP contribution < -0.4 is 5.32 Å². The topological polar surface area (TPSA) is 54.9 Å². The standard InChI is InChI=1S/C15H19N3OS/c1-9(2)14-17-18-15(20-14)16-13(19)8-12-6-5-10(3)11(4)7-12/h5-7,9H,8H2,1-4H3,(H,16,18,19). The van der Waals surface area contributed by atoms with Crippen molar-refractivity contribution in [3.63, 3.8) is 0 Å². The maximum absolute atomic E-state index is 12.0. The molecule has 0 saturated carbocycles. The van der Waals surface area contributed by atoms with Gasteiger partial charge in [0.2, 0.25) is 11.0 Å². The summed E-state index contributed by atoms with van der Waals surface area (Å²) in [5.74, 6) is 0.276. The average Bonchev–Trinajstić information content (AvgIpc) is 2.82. The number of hydrogen-bond donors (Lipinski definition) is 1. The summed E-state index contributed by atoms with van der Waals surface area (Å²) < 4.78 is 0. The molecule has 0 fully saturated rings. The van der Waals surface area contributed by atoms with Crippen LogP contribution in [0.4, 0.5) is 5.13 Å². The molecular formula is C15H19N3OS. The van der Waals surface area contributed by atoms with Gasteiger partial charge in [-0.15, -0.1) is 10.2 Å². The van der Waals surface area contributed by atoms with Gasteiger partial charge in [-0.2, -0.15) is 0 Å². The first-order valence-corrected chi connectivity index (χ1v) is 7.46. The second kappa shape index (κ2) is 6.13. The lowest BCUT2D eigenvalue weighted by atomic mass is 10.0. The molecule has 1 aromatic heterocycles. The molecule has 0 radical (unpaired) electrons.